The molecule has 0 saturated heterocycles. The highest BCUT2D eigenvalue weighted by molar-refractivity contribution is 6.13. The Labute approximate surface area is 192 Å². The summed E-state index contributed by atoms with van der Waals surface area (Å²) in [6.45, 7) is 4.03. The number of fused-ring (bicyclic) bond motifs is 4. The molecule has 2 aromatic heterocycles. The maximum Gasteiger partial charge on any atom is 0.216 e. The molecule has 3 heterocycles. The van der Waals surface area contributed by atoms with E-state index in [1.165, 1.54) is 11.1 Å². The lowest BCUT2D eigenvalue weighted by molar-refractivity contribution is -0.660. The minimum Gasteiger partial charge on any atom is -0.454 e. The Hall–Kier alpha value is -3.50. The zero-order chi connectivity index (χ0) is 22.7. The van der Waals surface area contributed by atoms with Crippen molar-refractivity contribution in [3.05, 3.63) is 89.4 Å². The molecule has 0 unspecified atom stereocenters. The molecule has 0 N–H and O–H groups in total. The van der Waals surface area contributed by atoms with Gasteiger partial charge in [-0.25, -0.2) is 8.96 Å². The van der Waals surface area contributed by atoms with Crippen LogP contribution in [0.2, 0.25) is 0 Å². The zero-order valence-electron chi connectivity index (χ0n) is 19.2. The molecule has 0 atom stereocenters. The fourth-order valence-electron chi connectivity index (χ4n) is 5.20. The highest BCUT2D eigenvalue weighted by Crippen LogP contribution is 2.42. The summed E-state index contributed by atoms with van der Waals surface area (Å²) in [5.41, 5.74) is 8.68. The minimum atomic E-state index is -0.255. The van der Waals surface area contributed by atoms with Crippen LogP contribution in [0.1, 0.15) is 16.7 Å². The number of hydrogen-bond acceptors (Lipinski definition) is 2. The number of benzene rings is 3. The van der Waals surface area contributed by atoms with Crippen LogP contribution in [-0.4, -0.2) is 18.5 Å². The highest BCUT2D eigenvalue weighted by atomic mass is 19.1. The van der Waals surface area contributed by atoms with Gasteiger partial charge in [0.25, 0.3) is 0 Å². The van der Waals surface area contributed by atoms with Crippen molar-refractivity contribution in [1.82, 2.24) is 4.90 Å². The number of rotatable bonds is 2. The molecule has 0 aliphatic carbocycles. The van der Waals surface area contributed by atoms with Gasteiger partial charge < -0.3 is 9.32 Å². The summed E-state index contributed by atoms with van der Waals surface area (Å²) in [6, 6.07) is 20.1. The van der Waals surface area contributed by atoms with E-state index < -0.39 is 0 Å². The largest absolute Gasteiger partial charge is 0.454 e. The van der Waals surface area contributed by atoms with E-state index in [1.54, 1.807) is 6.07 Å². The van der Waals surface area contributed by atoms with Gasteiger partial charge in [0.15, 0.2) is 6.20 Å². The van der Waals surface area contributed by atoms with Crippen molar-refractivity contribution in [2.45, 2.75) is 19.9 Å². The van der Waals surface area contributed by atoms with Crippen LogP contribution < -0.4 is 4.57 Å². The van der Waals surface area contributed by atoms with Crippen molar-refractivity contribution in [2.75, 3.05) is 13.6 Å². The standard InChI is InChI=1S/C29H26FN2O/c1-18-7-10-22-23-11-12-24(30)27(20-9-8-19-13-15-31(2)17-21(19)16-20)29(23)33-28(22)26(18)25-6-4-5-14-32(25)3/h4-12,14,16H,13,15,17H2,1-3H3/q+1. The molecule has 1 aliphatic rings. The van der Waals surface area contributed by atoms with E-state index in [-0.39, 0.29) is 5.82 Å². The lowest BCUT2D eigenvalue weighted by atomic mass is 9.93. The first-order valence-electron chi connectivity index (χ1n) is 11.4. The maximum atomic E-state index is 15.3. The second-order valence-corrected chi connectivity index (χ2v) is 9.20. The molecule has 3 nitrogen and oxygen atoms in total. The van der Waals surface area contributed by atoms with Crippen LogP contribution in [-0.2, 0) is 20.0 Å². The second kappa shape index (κ2) is 7.53. The summed E-state index contributed by atoms with van der Waals surface area (Å²) < 4.78 is 24.0. The van der Waals surface area contributed by atoms with E-state index in [0.29, 0.717) is 11.1 Å². The van der Waals surface area contributed by atoms with Gasteiger partial charge in [0, 0.05) is 36.0 Å². The van der Waals surface area contributed by atoms with Crippen molar-refractivity contribution >= 4 is 21.9 Å². The highest BCUT2D eigenvalue weighted by Gasteiger charge is 2.23. The van der Waals surface area contributed by atoms with Gasteiger partial charge in [0.1, 0.15) is 24.0 Å². The SMILES string of the molecule is Cc1ccc2c(oc3c(-c4ccc5c(c4)CN(C)CC5)c(F)ccc32)c1-c1cccc[n+]1C. The Morgan fingerprint density at radius 1 is 0.909 bits per heavy atom. The molecular formula is C29H26FN2O+. The Morgan fingerprint density at radius 3 is 2.52 bits per heavy atom. The Morgan fingerprint density at radius 2 is 1.70 bits per heavy atom. The predicted octanol–water partition coefficient (Wildman–Crippen LogP) is 6.18. The molecule has 0 spiro atoms. The molecule has 4 heteroatoms. The summed E-state index contributed by atoms with van der Waals surface area (Å²) in [7, 11) is 4.16. The molecule has 0 bridgehead atoms. The third-order valence-corrected chi connectivity index (χ3v) is 6.98. The third kappa shape index (κ3) is 3.17. The lowest BCUT2D eigenvalue weighted by Crippen LogP contribution is -2.30. The van der Waals surface area contributed by atoms with E-state index in [1.807, 2.05) is 37.5 Å². The molecule has 3 aromatic carbocycles. The average Bonchev–Trinajstić information content (AvgIpc) is 3.17. The number of aromatic nitrogens is 1. The minimum absolute atomic E-state index is 0.255. The first kappa shape index (κ1) is 20.1. The summed E-state index contributed by atoms with van der Waals surface area (Å²) in [5, 5.41) is 1.95. The molecular weight excluding hydrogens is 411 g/mol. The van der Waals surface area contributed by atoms with Gasteiger partial charge in [-0.15, -0.1) is 0 Å². The lowest BCUT2D eigenvalue weighted by Gasteiger charge is -2.25. The van der Waals surface area contributed by atoms with Crippen molar-refractivity contribution in [3.63, 3.8) is 0 Å². The molecule has 1 aliphatic heterocycles. The van der Waals surface area contributed by atoms with E-state index >= 15 is 4.39 Å². The van der Waals surface area contributed by atoms with Crippen molar-refractivity contribution in [3.8, 4) is 22.4 Å². The fraction of sp³-hybridized carbons (Fsp3) is 0.207. The predicted molar refractivity (Wildman–Crippen MR) is 131 cm³/mol. The third-order valence-electron chi connectivity index (χ3n) is 6.98. The fourth-order valence-corrected chi connectivity index (χ4v) is 5.20. The van der Waals surface area contributed by atoms with E-state index in [4.69, 9.17) is 4.42 Å². The molecule has 33 heavy (non-hydrogen) atoms. The molecule has 5 aromatic rings. The number of pyridine rings is 1. The van der Waals surface area contributed by atoms with Crippen molar-refractivity contribution in [2.24, 2.45) is 7.05 Å². The number of likely N-dealkylation sites (N-methyl/N-ethyl adjacent to an activating group) is 1. The van der Waals surface area contributed by atoms with Gasteiger partial charge in [-0.2, -0.15) is 0 Å². The Bertz CT molecular complexity index is 1550. The number of nitrogens with zero attached hydrogens (tertiary/aromatic N) is 2. The van der Waals surface area contributed by atoms with Crippen LogP contribution in [0, 0.1) is 12.7 Å². The molecule has 0 saturated carbocycles. The molecule has 0 fully saturated rings. The zero-order valence-corrected chi connectivity index (χ0v) is 19.2. The van der Waals surface area contributed by atoms with Crippen LogP contribution in [0.4, 0.5) is 4.39 Å². The van der Waals surface area contributed by atoms with Gasteiger partial charge >= 0.3 is 0 Å². The maximum absolute atomic E-state index is 15.3. The second-order valence-electron chi connectivity index (χ2n) is 9.20. The number of hydrogen-bond donors (Lipinski definition) is 0. The van der Waals surface area contributed by atoms with E-state index in [0.717, 1.165) is 58.3 Å². The van der Waals surface area contributed by atoms with Crippen molar-refractivity contribution in [1.29, 1.82) is 0 Å². The summed E-state index contributed by atoms with van der Waals surface area (Å²) in [6.07, 6.45) is 3.06. The van der Waals surface area contributed by atoms with E-state index in [9.17, 15) is 0 Å². The summed E-state index contributed by atoms with van der Waals surface area (Å²) in [4.78, 5) is 2.30. The van der Waals surface area contributed by atoms with Gasteiger partial charge in [0.2, 0.25) is 5.69 Å². The summed E-state index contributed by atoms with van der Waals surface area (Å²) in [5.74, 6) is -0.255. The molecule has 164 valence electrons. The van der Waals surface area contributed by atoms with Crippen LogP contribution >= 0.6 is 0 Å². The number of halogens is 1. The molecule has 0 amide bonds. The molecule has 0 radical (unpaired) electrons. The van der Waals surface area contributed by atoms with Gasteiger partial charge in [-0.3, -0.25) is 0 Å². The van der Waals surface area contributed by atoms with Gasteiger partial charge in [-0.05, 0) is 66.9 Å². The van der Waals surface area contributed by atoms with Crippen LogP contribution in [0.15, 0.2) is 71.3 Å². The van der Waals surface area contributed by atoms with Crippen LogP contribution in [0.3, 0.4) is 0 Å². The Balaban J connectivity index is 1.64. The van der Waals surface area contributed by atoms with Crippen LogP contribution in [0.25, 0.3) is 44.3 Å². The quantitative estimate of drug-likeness (QED) is 0.307. The smallest absolute Gasteiger partial charge is 0.216 e. The number of aryl methyl sites for hydroxylation is 2. The topological polar surface area (TPSA) is 20.3 Å². The first-order chi connectivity index (χ1) is 16.0. The van der Waals surface area contributed by atoms with Crippen LogP contribution in [0.5, 0.6) is 0 Å². The number of furan rings is 1. The first-order valence-corrected chi connectivity index (χ1v) is 11.4. The van der Waals surface area contributed by atoms with E-state index in [2.05, 4.69) is 53.8 Å². The van der Waals surface area contributed by atoms with Crippen molar-refractivity contribution < 1.29 is 13.4 Å². The molecule has 6 rings (SSSR count). The monoisotopic (exact) mass is 437 g/mol. The normalized spacial score (nSPS) is 14.2. The van der Waals surface area contributed by atoms with Gasteiger partial charge in [-0.1, -0.05) is 24.3 Å². The van der Waals surface area contributed by atoms with Gasteiger partial charge in [0.05, 0.1) is 11.1 Å². The Kier molecular flexibility index (Phi) is 4.59. The average molecular weight is 438 g/mol. The summed E-state index contributed by atoms with van der Waals surface area (Å²) >= 11 is 0.